The summed E-state index contributed by atoms with van der Waals surface area (Å²) >= 11 is 0. The van der Waals surface area contributed by atoms with Gasteiger partial charge in [0.05, 0.1) is 14.2 Å². The Bertz CT molecular complexity index is 817. The minimum Gasteiger partial charge on any atom is -0.493 e. The van der Waals surface area contributed by atoms with Crippen molar-refractivity contribution in [2.75, 3.05) is 39.3 Å². The number of amides is 1. The summed E-state index contributed by atoms with van der Waals surface area (Å²) in [6.45, 7) is 4.52. The van der Waals surface area contributed by atoms with Crippen LogP contribution in [-0.2, 0) is 13.0 Å². The summed E-state index contributed by atoms with van der Waals surface area (Å²) in [5, 5.41) is 0. The van der Waals surface area contributed by atoms with Crippen LogP contribution in [0.2, 0.25) is 0 Å². The molecule has 1 aliphatic rings. The van der Waals surface area contributed by atoms with Crippen molar-refractivity contribution in [3.05, 3.63) is 53.1 Å². The molecule has 1 aliphatic heterocycles. The van der Waals surface area contributed by atoms with Gasteiger partial charge in [0.1, 0.15) is 0 Å². The highest BCUT2D eigenvalue weighted by Gasteiger charge is 2.23. The van der Waals surface area contributed by atoms with E-state index in [1.165, 1.54) is 18.4 Å². The number of carbonyl (C=O) groups is 1. The Kier molecular flexibility index (Phi) is 6.45. The molecule has 150 valence electrons. The van der Waals surface area contributed by atoms with E-state index in [-0.39, 0.29) is 5.91 Å². The Hall–Kier alpha value is -2.69. The molecule has 28 heavy (non-hydrogen) atoms. The molecule has 0 radical (unpaired) electrons. The highest BCUT2D eigenvalue weighted by molar-refractivity contribution is 5.94. The van der Waals surface area contributed by atoms with Crippen LogP contribution in [-0.4, -0.2) is 45.2 Å². The lowest BCUT2D eigenvalue weighted by Crippen LogP contribution is -2.36. The molecule has 0 saturated heterocycles. The van der Waals surface area contributed by atoms with Crippen LogP contribution in [0.3, 0.4) is 0 Å². The van der Waals surface area contributed by atoms with E-state index >= 15 is 0 Å². The van der Waals surface area contributed by atoms with Gasteiger partial charge in [-0.2, -0.15) is 0 Å². The molecule has 0 spiro atoms. The van der Waals surface area contributed by atoms with Gasteiger partial charge in [0, 0.05) is 37.9 Å². The summed E-state index contributed by atoms with van der Waals surface area (Å²) in [7, 11) is 5.37. The van der Waals surface area contributed by atoms with Gasteiger partial charge in [-0.15, -0.1) is 0 Å². The lowest BCUT2D eigenvalue weighted by Gasteiger charge is -2.30. The SMILES string of the molecule is CCCCN(C)c1ccc(C(=O)N2CCc3cc(OC)c(OC)cc3C2)cc1. The molecule has 2 aromatic carbocycles. The summed E-state index contributed by atoms with van der Waals surface area (Å²) in [4.78, 5) is 17.1. The van der Waals surface area contributed by atoms with Crippen molar-refractivity contribution in [1.82, 2.24) is 4.90 Å². The summed E-state index contributed by atoms with van der Waals surface area (Å²) < 4.78 is 10.8. The van der Waals surface area contributed by atoms with Gasteiger partial charge >= 0.3 is 0 Å². The fraction of sp³-hybridized carbons (Fsp3) is 0.435. The quantitative estimate of drug-likeness (QED) is 0.722. The van der Waals surface area contributed by atoms with Crippen LogP contribution in [0.1, 0.15) is 41.3 Å². The average Bonchev–Trinajstić information content (AvgIpc) is 2.75. The van der Waals surface area contributed by atoms with Crippen molar-refractivity contribution in [3.8, 4) is 11.5 Å². The number of ether oxygens (including phenoxy) is 2. The van der Waals surface area contributed by atoms with Gasteiger partial charge in [-0.25, -0.2) is 0 Å². The topological polar surface area (TPSA) is 42.0 Å². The minimum absolute atomic E-state index is 0.0724. The van der Waals surface area contributed by atoms with E-state index in [9.17, 15) is 4.79 Å². The summed E-state index contributed by atoms with van der Waals surface area (Å²) in [6, 6.07) is 12.0. The smallest absolute Gasteiger partial charge is 0.254 e. The second kappa shape index (κ2) is 9.00. The third-order valence-electron chi connectivity index (χ3n) is 5.41. The summed E-state index contributed by atoms with van der Waals surface area (Å²) in [5.41, 5.74) is 4.21. The van der Waals surface area contributed by atoms with Gasteiger partial charge < -0.3 is 19.3 Å². The first-order chi connectivity index (χ1) is 13.6. The molecular formula is C23H30N2O3. The van der Waals surface area contributed by atoms with Crippen molar-refractivity contribution < 1.29 is 14.3 Å². The van der Waals surface area contributed by atoms with Crippen molar-refractivity contribution >= 4 is 11.6 Å². The Morgan fingerprint density at radius 2 is 1.71 bits per heavy atom. The number of hydrogen-bond acceptors (Lipinski definition) is 4. The molecule has 1 heterocycles. The fourth-order valence-corrected chi connectivity index (χ4v) is 3.62. The number of rotatable bonds is 7. The van der Waals surface area contributed by atoms with Gasteiger partial charge in [0.25, 0.3) is 5.91 Å². The van der Waals surface area contributed by atoms with Gasteiger partial charge in [-0.1, -0.05) is 13.3 Å². The fourth-order valence-electron chi connectivity index (χ4n) is 3.62. The second-order valence-electron chi connectivity index (χ2n) is 7.27. The van der Waals surface area contributed by atoms with Crippen LogP contribution >= 0.6 is 0 Å². The van der Waals surface area contributed by atoms with E-state index < -0.39 is 0 Å². The lowest BCUT2D eigenvalue weighted by molar-refractivity contribution is 0.0734. The molecule has 0 saturated carbocycles. The predicted molar refractivity (Wildman–Crippen MR) is 113 cm³/mol. The van der Waals surface area contributed by atoms with Crippen LogP contribution in [0.15, 0.2) is 36.4 Å². The first-order valence-corrected chi connectivity index (χ1v) is 9.91. The Labute approximate surface area is 167 Å². The van der Waals surface area contributed by atoms with Crippen LogP contribution in [0.5, 0.6) is 11.5 Å². The number of methoxy groups -OCH3 is 2. The number of nitrogens with zero attached hydrogens (tertiary/aromatic N) is 2. The van der Waals surface area contributed by atoms with Crippen molar-refractivity contribution in [1.29, 1.82) is 0 Å². The van der Waals surface area contributed by atoms with Crippen molar-refractivity contribution in [2.24, 2.45) is 0 Å². The molecular weight excluding hydrogens is 352 g/mol. The molecule has 0 aliphatic carbocycles. The van der Waals surface area contributed by atoms with Crippen molar-refractivity contribution in [3.63, 3.8) is 0 Å². The maximum atomic E-state index is 13.0. The normalized spacial score (nSPS) is 13.1. The Morgan fingerprint density at radius 1 is 1.07 bits per heavy atom. The highest BCUT2D eigenvalue weighted by Crippen LogP contribution is 2.33. The van der Waals surface area contributed by atoms with E-state index in [0.717, 1.165) is 35.5 Å². The number of benzene rings is 2. The van der Waals surface area contributed by atoms with Crippen LogP contribution in [0, 0.1) is 0 Å². The largest absolute Gasteiger partial charge is 0.493 e. The average molecular weight is 383 g/mol. The van der Waals surface area contributed by atoms with Gasteiger partial charge in [-0.3, -0.25) is 4.79 Å². The van der Waals surface area contributed by atoms with E-state index in [1.54, 1.807) is 14.2 Å². The van der Waals surface area contributed by atoms with Gasteiger partial charge in [0.2, 0.25) is 0 Å². The number of hydrogen-bond donors (Lipinski definition) is 0. The molecule has 0 bridgehead atoms. The van der Waals surface area contributed by atoms with Crippen LogP contribution in [0.4, 0.5) is 5.69 Å². The molecule has 0 unspecified atom stereocenters. The predicted octanol–water partition coefficient (Wildman–Crippen LogP) is 4.14. The maximum absolute atomic E-state index is 13.0. The molecule has 0 N–H and O–H groups in total. The van der Waals surface area contributed by atoms with E-state index in [1.807, 2.05) is 41.3 Å². The first-order valence-electron chi connectivity index (χ1n) is 9.91. The van der Waals surface area contributed by atoms with Crippen LogP contribution < -0.4 is 14.4 Å². The van der Waals surface area contributed by atoms with Gasteiger partial charge in [0.15, 0.2) is 11.5 Å². The Morgan fingerprint density at radius 3 is 2.32 bits per heavy atom. The van der Waals surface area contributed by atoms with E-state index in [4.69, 9.17) is 9.47 Å². The lowest BCUT2D eigenvalue weighted by atomic mass is 9.98. The van der Waals surface area contributed by atoms with Crippen molar-refractivity contribution in [2.45, 2.75) is 32.7 Å². The van der Waals surface area contributed by atoms with Crippen LogP contribution in [0.25, 0.3) is 0 Å². The maximum Gasteiger partial charge on any atom is 0.254 e. The Balaban J connectivity index is 1.72. The highest BCUT2D eigenvalue weighted by atomic mass is 16.5. The molecule has 0 atom stereocenters. The third kappa shape index (κ3) is 4.24. The number of carbonyl (C=O) groups excluding carboxylic acids is 1. The molecule has 2 aromatic rings. The molecule has 1 amide bonds. The first kappa shape index (κ1) is 20.1. The number of fused-ring (bicyclic) bond motifs is 1. The van der Waals surface area contributed by atoms with E-state index in [2.05, 4.69) is 18.9 Å². The zero-order valence-electron chi connectivity index (χ0n) is 17.3. The molecule has 0 fully saturated rings. The molecule has 5 heteroatoms. The second-order valence-corrected chi connectivity index (χ2v) is 7.27. The minimum atomic E-state index is 0.0724. The molecule has 3 rings (SSSR count). The standard InChI is InChI=1S/C23H30N2O3/c1-5-6-12-24(2)20-9-7-17(8-10-20)23(26)25-13-11-18-14-21(27-3)22(28-4)15-19(18)16-25/h7-10,14-15H,5-6,11-13,16H2,1-4H3. The zero-order valence-corrected chi connectivity index (χ0v) is 17.3. The van der Waals surface area contributed by atoms with Gasteiger partial charge in [-0.05, 0) is 60.4 Å². The zero-order chi connectivity index (χ0) is 20.1. The molecule has 0 aromatic heterocycles. The number of unbranched alkanes of at least 4 members (excludes halogenated alkanes) is 1. The van der Waals surface area contributed by atoms with E-state index in [0.29, 0.717) is 18.8 Å². The number of anilines is 1. The monoisotopic (exact) mass is 382 g/mol. The summed E-state index contributed by atoms with van der Waals surface area (Å²) in [5.74, 6) is 1.52. The summed E-state index contributed by atoms with van der Waals surface area (Å²) in [6.07, 6.45) is 3.16. The third-order valence-corrected chi connectivity index (χ3v) is 5.41. The molecule has 5 nitrogen and oxygen atoms in total.